The molecule has 0 aliphatic carbocycles. The molecule has 1 aliphatic rings. The van der Waals surface area contributed by atoms with E-state index in [0.717, 1.165) is 17.6 Å². The lowest BCUT2D eigenvalue weighted by Crippen LogP contribution is -2.31. The molecule has 3 rings (SSSR count). The first kappa shape index (κ1) is 16.4. The van der Waals surface area contributed by atoms with Crippen molar-refractivity contribution >= 4 is 21.6 Å². The van der Waals surface area contributed by atoms with Crippen molar-refractivity contribution in [2.24, 2.45) is 0 Å². The standard InChI is InChI=1S/C15H22BrN5O2/c1-15(2,3)23-13-12-17-8-11(16)21(12)19-14(18-13)22-9-10-6-5-7-20(10)4/h8,10H,5-7,9H2,1-4H3/t10-/m0/s1. The summed E-state index contributed by atoms with van der Waals surface area (Å²) in [7, 11) is 2.12. The van der Waals surface area contributed by atoms with E-state index in [1.807, 2.05) is 20.8 Å². The van der Waals surface area contributed by atoms with E-state index < -0.39 is 0 Å². The van der Waals surface area contributed by atoms with E-state index in [1.165, 1.54) is 6.42 Å². The lowest BCUT2D eigenvalue weighted by molar-refractivity contribution is 0.121. The molecule has 1 atom stereocenters. The number of likely N-dealkylation sites (tertiary alicyclic amines) is 1. The highest BCUT2D eigenvalue weighted by Gasteiger charge is 2.23. The second kappa shape index (κ2) is 6.24. The van der Waals surface area contributed by atoms with Crippen LogP contribution in [0.25, 0.3) is 5.65 Å². The fourth-order valence-electron chi connectivity index (χ4n) is 2.59. The van der Waals surface area contributed by atoms with E-state index in [-0.39, 0.29) is 5.60 Å². The maximum Gasteiger partial charge on any atom is 0.337 e. The maximum atomic E-state index is 5.92. The predicted molar refractivity (Wildman–Crippen MR) is 90.0 cm³/mol. The Labute approximate surface area is 144 Å². The van der Waals surface area contributed by atoms with Gasteiger partial charge in [0.05, 0.1) is 6.20 Å². The Morgan fingerprint density at radius 1 is 1.39 bits per heavy atom. The molecule has 7 nitrogen and oxygen atoms in total. The van der Waals surface area contributed by atoms with Crippen molar-refractivity contribution in [3.8, 4) is 11.9 Å². The van der Waals surface area contributed by atoms with Crippen LogP contribution in [-0.4, -0.2) is 56.3 Å². The predicted octanol–water partition coefficient (Wildman–Crippen LogP) is 2.54. The molecule has 0 amide bonds. The molecular weight excluding hydrogens is 362 g/mol. The maximum absolute atomic E-state index is 5.92. The number of rotatable bonds is 4. The zero-order valence-corrected chi connectivity index (χ0v) is 15.5. The van der Waals surface area contributed by atoms with Crippen molar-refractivity contribution < 1.29 is 9.47 Å². The molecule has 0 saturated carbocycles. The van der Waals surface area contributed by atoms with Gasteiger partial charge in [0.2, 0.25) is 5.65 Å². The van der Waals surface area contributed by atoms with Crippen LogP contribution in [0.1, 0.15) is 33.6 Å². The molecule has 2 aromatic heterocycles. The molecule has 2 aromatic rings. The van der Waals surface area contributed by atoms with Gasteiger partial charge in [-0.05, 0) is 63.1 Å². The Kier molecular flexibility index (Phi) is 4.46. The molecule has 1 aliphatic heterocycles. The van der Waals surface area contributed by atoms with Gasteiger partial charge in [0, 0.05) is 6.04 Å². The topological polar surface area (TPSA) is 64.8 Å². The summed E-state index contributed by atoms with van der Waals surface area (Å²) in [5.74, 6) is 0.424. The van der Waals surface area contributed by atoms with E-state index in [4.69, 9.17) is 9.47 Å². The summed E-state index contributed by atoms with van der Waals surface area (Å²) in [6, 6.07) is 0.711. The van der Waals surface area contributed by atoms with Gasteiger partial charge < -0.3 is 14.4 Å². The Morgan fingerprint density at radius 2 is 2.17 bits per heavy atom. The average molecular weight is 384 g/mol. The summed E-state index contributed by atoms with van der Waals surface area (Å²) in [5.41, 5.74) is 0.188. The molecule has 3 heterocycles. The van der Waals surface area contributed by atoms with Crippen molar-refractivity contribution in [1.82, 2.24) is 24.5 Å². The second-order valence-corrected chi connectivity index (χ2v) is 7.63. The zero-order chi connectivity index (χ0) is 16.6. The fraction of sp³-hybridized carbons (Fsp3) is 0.667. The van der Waals surface area contributed by atoms with Crippen LogP contribution in [-0.2, 0) is 0 Å². The van der Waals surface area contributed by atoms with Gasteiger partial charge in [0.1, 0.15) is 16.8 Å². The number of fused-ring (bicyclic) bond motifs is 1. The Hall–Kier alpha value is -1.41. The van der Waals surface area contributed by atoms with Crippen molar-refractivity contribution in [1.29, 1.82) is 0 Å². The number of halogens is 1. The van der Waals surface area contributed by atoms with Gasteiger partial charge >= 0.3 is 6.01 Å². The van der Waals surface area contributed by atoms with Crippen LogP contribution in [0, 0.1) is 0 Å². The highest BCUT2D eigenvalue weighted by Crippen LogP contribution is 2.25. The molecule has 0 bridgehead atoms. The molecule has 0 unspecified atom stereocenters. The minimum absolute atomic E-state index is 0.302. The molecule has 8 heteroatoms. The summed E-state index contributed by atoms with van der Waals surface area (Å²) in [4.78, 5) is 11.0. The monoisotopic (exact) mass is 383 g/mol. The lowest BCUT2D eigenvalue weighted by Gasteiger charge is -2.21. The number of likely N-dealkylation sites (N-methyl/N-ethyl adjacent to an activating group) is 1. The van der Waals surface area contributed by atoms with Crippen LogP contribution in [0.3, 0.4) is 0 Å². The first-order valence-corrected chi connectivity index (χ1v) is 8.56. The number of nitrogens with zero attached hydrogens (tertiary/aromatic N) is 5. The molecule has 1 fully saturated rings. The third-order valence-corrected chi connectivity index (χ3v) is 4.29. The van der Waals surface area contributed by atoms with Gasteiger partial charge in [-0.2, -0.15) is 9.50 Å². The van der Waals surface area contributed by atoms with Crippen molar-refractivity contribution in [3.63, 3.8) is 0 Å². The Morgan fingerprint density at radius 3 is 2.83 bits per heavy atom. The van der Waals surface area contributed by atoms with Crippen LogP contribution in [0.5, 0.6) is 11.9 Å². The quantitative estimate of drug-likeness (QED) is 0.807. The van der Waals surface area contributed by atoms with Gasteiger partial charge in [-0.3, -0.25) is 0 Å². The number of imidazole rings is 1. The first-order chi connectivity index (χ1) is 10.8. The molecule has 0 spiro atoms. The summed E-state index contributed by atoms with van der Waals surface area (Å²) in [5, 5.41) is 4.39. The normalized spacial score (nSPS) is 19.4. The van der Waals surface area contributed by atoms with Crippen molar-refractivity contribution in [3.05, 3.63) is 10.8 Å². The van der Waals surface area contributed by atoms with Crippen LogP contribution >= 0.6 is 15.9 Å². The van der Waals surface area contributed by atoms with E-state index in [9.17, 15) is 0 Å². The van der Waals surface area contributed by atoms with Crippen LogP contribution < -0.4 is 9.47 Å². The smallest absolute Gasteiger partial charge is 0.337 e. The summed E-state index contributed by atoms with van der Waals surface area (Å²) in [6.45, 7) is 7.59. The van der Waals surface area contributed by atoms with Crippen LogP contribution in [0.2, 0.25) is 0 Å². The molecule has 1 saturated heterocycles. The van der Waals surface area contributed by atoms with Gasteiger partial charge in [-0.15, -0.1) is 5.10 Å². The summed E-state index contributed by atoms with van der Waals surface area (Å²) < 4.78 is 14.1. The van der Waals surface area contributed by atoms with Gasteiger partial charge in [-0.1, -0.05) is 0 Å². The van der Waals surface area contributed by atoms with Gasteiger partial charge in [0.15, 0.2) is 0 Å². The minimum atomic E-state index is -0.379. The molecule has 0 N–H and O–H groups in total. The van der Waals surface area contributed by atoms with E-state index in [0.29, 0.717) is 30.2 Å². The SMILES string of the molecule is CN1CCC[C@H]1COc1nc(OC(C)(C)C)c2ncc(Br)n2n1. The molecule has 23 heavy (non-hydrogen) atoms. The summed E-state index contributed by atoms with van der Waals surface area (Å²) >= 11 is 3.43. The lowest BCUT2D eigenvalue weighted by atomic mass is 10.2. The number of hydrogen-bond acceptors (Lipinski definition) is 6. The molecule has 126 valence electrons. The third-order valence-electron chi connectivity index (χ3n) is 3.75. The first-order valence-electron chi connectivity index (χ1n) is 7.77. The second-order valence-electron chi connectivity index (χ2n) is 6.82. The van der Waals surface area contributed by atoms with Crippen molar-refractivity contribution in [2.75, 3.05) is 20.2 Å². The van der Waals surface area contributed by atoms with Crippen LogP contribution in [0.4, 0.5) is 0 Å². The van der Waals surface area contributed by atoms with E-state index in [2.05, 4.69) is 42.9 Å². The largest absolute Gasteiger partial charge is 0.469 e. The third kappa shape index (κ3) is 3.74. The molecule has 0 radical (unpaired) electrons. The number of aromatic nitrogens is 4. The number of ether oxygens (including phenoxy) is 2. The minimum Gasteiger partial charge on any atom is -0.469 e. The zero-order valence-electron chi connectivity index (χ0n) is 13.9. The van der Waals surface area contributed by atoms with Gasteiger partial charge in [-0.25, -0.2) is 4.98 Å². The van der Waals surface area contributed by atoms with Crippen molar-refractivity contribution in [2.45, 2.75) is 45.3 Å². The average Bonchev–Trinajstić information content (AvgIpc) is 3.02. The Balaban J connectivity index is 1.86. The van der Waals surface area contributed by atoms with E-state index >= 15 is 0 Å². The highest BCUT2D eigenvalue weighted by molar-refractivity contribution is 9.10. The van der Waals surface area contributed by atoms with Crippen LogP contribution in [0.15, 0.2) is 10.8 Å². The highest BCUT2D eigenvalue weighted by atomic mass is 79.9. The molecule has 0 aromatic carbocycles. The summed E-state index contributed by atoms with van der Waals surface area (Å²) in [6.07, 6.45) is 4.02. The molecular formula is C15H22BrN5O2. The van der Waals surface area contributed by atoms with Gasteiger partial charge in [0.25, 0.3) is 5.88 Å². The van der Waals surface area contributed by atoms with E-state index in [1.54, 1.807) is 10.7 Å². The number of hydrogen-bond donors (Lipinski definition) is 0. The Bertz CT molecular complexity index is 697. The fourth-order valence-corrected chi connectivity index (χ4v) is 2.94.